The van der Waals surface area contributed by atoms with Crippen LogP contribution in [0.1, 0.15) is 24.9 Å². The maximum Gasteiger partial charge on any atom is 0.127 e. The lowest BCUT2D eigenvalue weighted by molar-refractivity contribution is 0.293. The van der Waals surface area contributed by atoms with E-state index in [0.717, 1.165) is 35.7 Å². The second kappa shape index (κ2) is 8.16. The summed E-state index contributed by atoms with van der Waals surface area (Å²) in [6, 6.07) is 26.9. The van der Waals surface area contributed by atoms with Crippen molar-refractivity contribution in [2.45, 2.75) is 31.5 Å². The van der Waals surface area contributed by atoms with Crippen LogP contribution in [0.3, 0.4) is 0 Å². The molecule has 2 saturated heterocycles. The second-order valence-electron chi connectivity index (χ2n) is 9.39. The topological polar surface area (TPSA) is 44.3 Å². The van der Waals surface area contributed by atoms with Gasteiger partial charge in [0.25, 0.3) is 0 Å². The lowest BCUT2D eigenvalue weighted by atomic mass is 10.1. The number of hydrogen-bond acceptors (Lipinski definition) is 5. The summed E-state index contributed by atoms with van der Waals surface area (Å²) in [6.07, 6.45) is 3.13. The van der Waals surface area contributed by atoms with Gasteiger partial charge in [0, 0.05) is 54.0 Å². The van der Waals surface area contributed by atoms with Gasteiger partial charge in [0.1, 0.15) is 5.82 Å². The number of piperazine rings is 1. The van der Waals surface area contributed by atoms with E-state index in [0.29, 0.717) is 12.1 Å². The monoisotopic (exact) mass is 435 g/mol. The maximum absolute atomic E-state index is 5.04. The zero-order valence-electron chi connectivity index (χ0n) is 19.1. The minimum Gasteiger partial charge on any atom is -0.365 e. The molecule has 0 aliphatic carbocycles. The number of hydrogen-bond donors (Lipinski definition) is 1. The molecule has 0 spiro atoms. The average molecular weight is 436 g/mol. The highest BCUT2D eigenvalue weighted by Crippen LogP contribution is 2.39. The number of anilines is 2. The zero-order chi connectivity index (χ0) is 22.4. The third-order valence-corrected chi connectivity index (χ3v) is 7.24. The van der Waals surface area contributed by atoms with Gasteiger partial charge in [0.2, 0.25) is 0 Å². The van der Waals surface area contributed by atoms with Crippen LogP contribution in [0, 0.1) is 0 Å². The Kier molecular flexibility index (Phi) is 4.99. The molecule has 2 aromatic heterocycles. The Balaban J connectivity index is 1.36. The molecule has 2 fully saturated rings. The molecule has 2 aromatic carbocycles. The van der Waals surface area contributed by atoms with Crippen LogP contribution in [-0.2, 0) is 0 Å². The van der Waals surface area contributed by atoms with E-state index < -0.39 is 0 Å². The molecule has 0 amide bonds. The quantitative estimate of drug-likeness (QED) is 0.457. The van der Waals surface area contributed by atoms with Crippen LogP contribution in [0.4, 0.5) is 11.5 Å². The lowest BCUT2D eigenvalue weighted by Crippen LogP contribution is -2.44. The van der Waals surface area contributed by atoms with Crippen LogP contribution in [0.5, 0.6) is 0 Å². The highest BCUT2D eigenvalue weighted by Gasteiger charge is 2.42. The molecule has 2 bridgehead atoms. The van der Waals surface area contributed by atoms with Gasteiger partial charge >= 0.3 is 0 Å². The van der Waals surface area contributed by atoms with Crippen molar-refractivity contribution >= 4 is 22.4 Å². The fourth-order valence-corrected chi connectivity index (χ4v) is 5.42. The molecule has 0 saturated carbocycles. The van der Waals surface area contributed by atoms with Crippen molar-refractivity contribution in [3.05, 3.63) is 84.6 Å². The van der Waals surface area contributed by atoms with E-state index in [-0.39, 0.29) is 6.04 Å². The van der Waals surface area contributed by atoms with Crippen molar-refractivity contribution in [2.24, 2.45) is 0 Å². The second-order valence-corrected chi connectivity index (χ2v) is 9.39. The largest absolute Gasteiger partial charge is 0.365 e. The van der Waals surface area contributed by atoms with Gasteiger partial charge < -0.3 is 10.2 Å². The zero-order valence-corrected chi connectivity index (χ0v) is 19.1. The van der Waals surface area contributed by atoms with Crippen LogP contribution >= 0.6 is 0 Å². The smallest absolute Gasteiger partial charge is 0.127 e. The van der Waals surface area contributed by atoms with Crippen molar-refractivity contribution in [3.63, 3.8) is 0 Å². The SMILES string of the molecule is C[C@H](Nc1cc(-c2cc(N3C[C@@H]4C[C@H]3CN4C)c3ccccc3n2)ccn1)c1ccccc1. The summed E-state index contributed by atoms with van der Waals surface area (Å²) in [4.78, 5) is 14.7. The number of nitrogens with zero attached hydrogens (tertiary/aromatic N) is 4. The third kappa shape index (κ3) is 3.72. The third-order valence-electron chi connectivity index (χ3n) is 7.24. The Labute approximate surface area is 195 Å². The number of likely N-dealkylation sites (N-methyl/N-ethyl adjacent to an activating group) is 1. The molecule has 2 aliphatic rings. The molecule has 5 heteroatoms. The van der Waals surface area contributed by atoms with E-state index in [9.17, 15) is 0 Å². The Morgan fingerprint density at radius 2 is 1.76 bits per heavy atom. The van der Waals surface area contributed by atoms with Crippen LogP contribution in [0.15, 0.2) is 79.0 Å². The number of benzene rings is 2. The molecular formula is C28H29N5. The summed E-state index contributed by atoms with van der Waals surface area (Å²) < 4.78 is 0. The van der Waals surface area contributed by atoms with Gasteiger partial charge in [-0.3, -0.25) is 4.90 Å². The summed E-state index contributed by atoms with van der Waals surface area (Å²) in [7, 11) is 2.25. The Morgan fingerprint density at radius 3 is 2.55 bits per heavy atom. The summed E-state index contributed by atoms with van der Waals surface area (Å²) in [5.74, 6) is 0.863. The van der Waals surface area contributed by atoms with Crippen molar-refractivity contribution in [1.82, 2.24) is 14.9 Å². The minimum absolute atomic E-state index is 0.172. The maximum atomic E-state index is 5.04. The van der Waals surface area contributed by atoms with E-state index in [2.05, 4.69) is 101 Å². The van der Waals surface area contributed by atoms with Gasteiger partial charge in [-0.2, -0.15) is 0 Å². The Hall–Kier alpha value is -3.44. The number of aromatic nitrogens is 2. The van der Waals surface area contributed by atoms with E-state index in [4.69, 9.17) is 4.98 Å². The summed E-state index contributed by atoms with van der Waals surface area (Å²) in [5, 5.41) is 4.78. The summed E-state index contributed by atoms with van der Waals surface area (Å²) in [5.41, 5.74) is 5.68. The first-order valence-corrected chi connectivity index (χ1v) is 11.8. The van der Waals surface area contributed by atoms with Crippen molar-refractivity contribution in [3.8, 4) is 11.3 Å². The molecule has 166 valence electrons. The Morgan fingerprint density at radius 1 is 0.939 bits per heavy atom. The fraction of sp³-hybridized carbons (Fsp3) is 0.286. The van der Waals surface area contributed by atoms with Gasteiger partial charge in [0.05, 0.1) is 11.2 Å². The van der Waals surface area contributed by atoms with Gasteiger partial charge in [-0.05, 0) is 50.2 Å². The summed E-state index contributed by atoms with van der Waals surface area (Å²) in [6.45, 7) is 4.39. The van der Waals surface area contributed by atoms with E-state index in [1.807, 2.05) is 12.3 Å². The van der Waals surface area contributed by atoms with Crippen LogP contribution in [0.25, 0.3) is 22.2 Å². The molecule has 1 N–H and O–H groups in total. The first-order valence-electron chi connectivity index (χ1n) is 11.8. The average Bonchev–Trinajstić information content (AvgIpc) is 3.44. The molecule has 2 aliphatic heterocycles. The molecule has 6 rings (SSSR count). The number of para-hydroxylation sites is 1. The minimum atomic E-state index is 0.172. The summed E-state index contributed by atoms with van der Waals surface area (Å²) >= 11 is 0. The van der Waals surface area contributed by atoms with Crippen LogP contribution in [-0.4, -0.2) is 47.1 Å². The molecular weight excluding hydrogens is 406 g/mol. The van der Waals surface area contributed by atoms with Gasteiger partial charge in [0.15, 0.2) is 0 Å². The standard InChI is InChI=1S/C28H29N5/c1-19(20-8-4-3-5-9-20)30-28-14-21(12-13-29-28)26-16-27(24-10-6-7-11-25(24)31-26)33-18-22-15-23(33)17-32(22)2/h3-14,16,19,22-23H,15,17-18H2,1-2H3,(H,29,30)/t19-,22-,23-/m0/s1. The molecule has 4 heterocycles. The van der Waals surface area contributed by atoms with Crippen LogP contribution in [0.2, 0.25) is 0 Å². The molecule has 4 aromatic rings. The van der Waals surface area contributed by atoms with E-state index in [1.165, 1.54) is 23.1 Å². The van der Waals surface area contributed by atoms with Gasteiger partial charge in [-0.15, -0.1) is 0 Å². The van der Waals surface area contributed by atoms with Gasteiger partial charge in [-0.25, -0.2) is 9.97 Å². The van der Waals surface area contributed by atoms with Crippen molar-refractivity contribution in [1.29, 1.82) is 0 Å². The molecule has 3 atom stereocenters. The van der Waals surface area contributed by atoms with Gasteiger partial charge in [-0.1, -0.05) is 48.5 Å². The highest BCUT2D eigenvalue weighted by atomic mass is 15.3. The normalized spacial score (nSPS) is 21.0. The van der Waals surface area contributed by atoms with E-state index in [1.54, 1.807) is 0 Å². The van der Waals surface area contributed by atoms with Crippen LogP contribution < -0.4 is 10.2 Å². The molecule has 33 heavy (non-hydrogen) atoms. The van der Waals surface area contributed by atoms with E-state index >= 15 is 0 Å². The predicted octanol–water partition coefficient (Wildman–Crippen LogP) is 5.36. The molecule has 5 nitrogen and oxygen atoms in total. The number of fused-ring (bicyclic) bond motifs is 3. The fourth-order valence-electron chi connectivity index (χ4n) is 5.42. The lowest BCUT2D eigenvalue weighted by Gasteiger charge is -2.34. The number of rotatable bonds is 5. The first kappa shape index (κ1) is 20.2. The van der Waals surface area contributed by atoms with Crippen molar-refractivity contribution < 1.29 is 0 Å². The highest BCUT2D eigenvalue weighted by molar-refractivity contribution is 5.94. The first-order chi connectivity index (χ1) is 16.2. The Bertz CT molecular complexity index is 1290. The van der Waals surface area contributed by atoms with Crippen molar-refractivity contribution in [2.75, 3.05) is 30.4 Å². The molecule has 0 radical (unpaired) electrons. The molecule has 0 unspecified atom stereocenters. The number of pyridine rings is 2. The number of likely N-dealkylation sites (tertiary alicyclic amines) is 1. The number of nitrogens with one attached hydrogen (secondary N) is 1. The predicted molar refractivity (Wildman–Crippen MR) is 136 cm³/mol.